The van der Waals surface area contributed by atoms with Gasteiger partial charge in [0.1, 0.15) is 12.7 Å². The van der Waals surface area contributed by atoms with E-state index in [9.17, 15) is 4.79 Å². The summed E-state index contributed by atoms with van der Waals surface area (Å²) in [5, 5.41) is 0. The van der Waals surface area contributed by atoms with E-state index in [4.69, 9.17) is 19.9 Å². The van der Waals surface area contributed by atoms with Crippen molar-refractivity contribution < 1.29 is 19.0 Å². The first kappa shape index (κ1) is 18.8. The molecule has 2 aromatic heterocycles. The maximum absolute atomic E-state index is 11.7. The summed E-state index contributed by atoms with van der Waals surface area (Å²) in [5.41, 5.74) is 7.01. The number of nitrogen functional groups attached to an aromatic ring is 1. The lowest BCUT2D eigenvalue weighted by molar-refractivity contribution is 0.0354. The highest BCUT2D eigenvalue weighted by atomic mass is 16.6. The molecule has 0 radical (unpaired) electrons. The number of aromatic nitrogens is 4. The van der Waals surface area contributed by atoms with Crippen molar-refractivity contribution in [3.05, 3.63) is 18.5 Å². The van der Waals surface area contributed by atoms with Gasteiger partial charge < -0.3 is 29.7 Å². The fourth-order valence-corrected chi connectivity index (χ4v) is 3.79. The third-order valence-electron chi connectivity index (χ3n) is 5.54. The van der Waals surface area contributed by atoms with Crippen LogP contribution in [0.25, 0.3) is 11.3 Å². The molecule has 2 saturated heterocycles. The Balaban J connectivity index is 1.35. The van der Waals surface area contributed by atoms with Crippen LogP contribution in [0.3, 0.4) is 0 Å². The number of hydrogen-bond acceptors (Lipinski definition) is 10. The molecule has 0 unspecified atom stereocenters. The van der Waals surface area contributed by atoms with E-state index in [1.165, 1.54) is 0 Å². The van der Waals surface area contributed by atoms with E-state index in [2.05, 4.69) is 24.8 Å². The van der Waals surface area contributed by atoms with Gasteiger partial charge in [-0.3, -0.25) is 0 Å². The van der Waals surface area contributed by atoms with Gasteiger partial charge in [0.2, 0.25) is 17.8 Å². The number of amides is 1. The average Bonchev–Trinajstić information content (AvgIpc) is 3.16. The fraction of sp³-hybridized carbons (Fsp3) is 0.526. The van der Waals surface area contributed by atoms with Gasteiger partial charge in [0, 0.05) is 56.0 Å². The van der Waals surface area contributed by atoms with Crippen LogP contribution in [0.1, 0.15) is 12.8 Å². The van der Waals surface area contributed by atoms with E-state index in [0.717, 1.165) is 18.4 Å². The Kier molecular flexibility index (Phi) is 4.95. The Labute approximate surface area is 173 Å². The van der Waals surface area contributed by atoms with E-state index in [1.54, 1.807) is 23.4 Å². The summed E-state index contributed by atoms with van der Waals surface area (Å²) in [6.45, 7) is 3.79. The molecule has 3 fully saturated rings. The second-order valence-electron chi connectivity index (χ2n) is 7.49. The molecule has 30 heavy (non-hydrogen) atoms. The molecule has 0 atom stereocenters. The van der Waals surface area contributed by atoms with Crippen molar-refractivity contribution in [1.29, 1.82) is 0 Å². The Morgan fingerprint density at radius 1 is 1.07 bits per heavy atom. The molecule has 5 rings (SSSR count). The molecule has 2 N–H and O–H groups in total. The zero-order chi connectivity index (χ0) is 20.5. The molecule has 3 aliphatic rings. The van der Waals surface area contributed by atoms with Crippen molar-refractivity contribution in [3.63, 3.8) is 0 Å². The van der Waals surface area contributed by atoms with Crippen LogP contribution >= 0.6 is 0 Å². The summed E-state index contributed by atoms with van der Waals surface area (Å²) >= 11 is 0. The fourth-order valence-electron chi connectivity index (χ4n) is 3.79. The molecular weight excluding hydrogens is 390 g/mol. The molecule has 1 saturated carbocycles. The van der Waals surface area contributed by atoms with Gasteiger partial charge in [-0.25, -0.2) is 19.7 Å². The van der Waals surface area contributed by atoms with Crippen LogP contribution < -0.4 is 15.4 Å². The number of hydrogen-bond donors (Lipinski definition) is 1. The smallest absolute Gasteiger partial charge is 0.410 e. The topological polar surface area (TPSA) is 129 Å². The molecule has 0 aromatic carbocycles. The minimum absolute atomic E-state index is 0.00800. The third kappa shape index (κ3) is 3.80. The van der Waals surface area contributed by atoms with Crippen molar-refractivity contribution >= 4 is 18.0 Å². The zero-order valence-electron chi connectivity index (χ0n) is 16.4. The number of carbonyl (C=O) groups is 1. The van der Waals surface area contributed by atoms with Crippen LogP contribution in [0.15, 0.2) is 18.5 Å². The summed E-state index contributed by atoms with van der Waals surface area (Å²) in [7, 11) is 0. The predicted octanol–water partition coefficient (Wildman–Crippen LogP) is 0.714. The Morgan fingerprint density at radius 3 is 2.53 bits per heavy atom. The summed E-state index contributed by atoms with van der Waals surface area (Å²) in [5.74, 6) is 1.28. The average molecular weight is 413 g/mol. The van der Waals surface area contributed by atoms with Crippen molar-refractivity contribution in [2.75, 3.05) is 50.1 Å². The van der Waals surface area contributed by atoms with Crippen molar-refractivity contribution in [2.45, 2.75) is 25.0 Å². The second kappa shape index (κ2) is 7.90. The molecule has 2 aliphatic heterocycles. The van der Waals surface area contributed by atoms with Gasteiger partial charge in [-0.1, -0.05) is 0 Å². The Bertz CT molecular complexity index is 914. The van der Waals surface area contributed by atoms with Gasteiger partial charge in [-0.2, -0.15) is 4.98 Å². The first-order valence-corrected chi connectivity index (χ1v) is 10.1. The zero-order valence-corrected chi connectivity index (χ0v) is 16.4. The largest absolute Gasteiger partial charge is 0.474 e. The van der Waals surface area contributed by atoms with Crippen LogP contribution in [0.5, 0.6) is 5.88 Å². The number of anilines is 2. The van der Waals surface area contributed by atoms with E-state index < -0.39 is 0 Å². The van der Waals surface area contributed by atoms with E-state index >= 15 is 0 Å². The third-order valence-corrected chi connectivity index (χ3v) is 5.54. The van der Waals surface area contributed by atoms with Crippen LogP contribution in [0, 0.1) is 0 Å². The highest BCUT2D eigenvalue weighted by Crippen LogP contribution is 2.32. The molecule has 0 bridgehead atoms. The monoisotopic (exact) mass is 413 g/mol. The SMILES string of the molecule is Nc1ncc(-c2cc(OC3CC(N4CCOC4=O)C3)nc(N3CCOCC3)n2)cn1. The Morgan fingerprint density at radius 2 is 1.83 bits per heavy atom. The molecular formula is C19H23N7O4. The van der Waals surface area contributed by atoms with Crippen molar-refractivity contribution in [2.24, 2.45) is 0 Å². The molecule has 4 heterocycles. The maximum atomic E-state index is 11.7. The number of ether oxygens (including phenoxy) is 3. The standard InChI is InChI=1S/C19H23N7O4/c20-17-21-10-12(11-22-17)15-9-16(24-18(23-15)25-1-4-28-5-2-25)30-14-7-13(8-14)26-3-6-29-19(26)27/h9-11,13-14H,1-8H2,(H2,20,21,22). The lowest BCUT2D eigenvalue weighted by Gasteiger charge is -2.39. The van der Waals surface area contributed by atoms with E-state index in [-0.39, 0.29) is 24.2 Å². The second-order valence-corrected chi connectivity index (χ2v) is 7.49. The maximum Gasteiger partial charge on any atom is 0.410 e. The normalized spacial score (nSPS) is 23.8. The van der Waals surface area contributed by atoms with Gasteiger partial charge in [0.05, 0.1) is 25.5 Å². The minimum atomic E-state index is -0.235. The van der Waals surface area contributed by atoms with Crippen molar-refractivity contribution in [1.82, 2.24) is 24.8 Å². The summed E-state index contributed by atoms with van der Waals surface area (Å²) < 4.78 is 16.6. The van der Waals surface area contributed by atoms with E-state index in [0.29, 0.717) is 57.0 Å². The number of rotatable bonds is 5. The lowest BCUT2D eigenvalue weighted by Crippen LogP contribution is -2.49. The molecule has 1 aliphatic carbocycles. The van der Waals surface area contributed by atoms with Crippen molar-refractivity contribution in [3.8, 4) is 17.1 Å². The van der Waals surface area contributed by atoms with Gasteiger partial charge in [0.15, 0.2) is 0 Å². The molecule has 2 aromatic rings. The first-order chi connectivity index (χ1) is 14.7. The molecule has 1 amide bonds. The van der Waals surface area contributed by atoms with Crippen LogP contribution in [0.4, 0.5) is 16.7 Å². The van der Waals surface area contributed by atoms with Gasteiger partial charge >= 0.3 is 6.09 Å². The number of carbonyl (C=O) groups excluding carboxylic acids is 1. The molecule has 11 heteroatoms. The lowest BCUT2D eigenvalue weighted by atomic mass is 9.88. The number of nitrogens with zero attached hydrogens (tertiary/aromatic N) is 6. The minimum Gasteiger partial charge on any atom is -0.474 e. The highest BCUT2D eigenvalue weighted by Gasteiger charge is 2.40. The van der Waals surface area contributed by atoms with Crippen LogP contribution in [0.2, 0.25) is 0 Å². The number of morpholine rings is 1. The summed E-state index contributed by atoms with van der Waals surface area (Å²) in [4.78, 5) is 33.0. The quantitative estimate of drug-likeness (QED) is 0.748. The van der Waals surface area contributed by atoms with Crippen LogP contribution in [-0.4, -0.2) is 82.5 Å². The van der Waals surface area contributed by atoms with Crippen LogP contribution in [-0.2, 0) is 9.47 Å². The summed E-state index contributed by atoms with van der Waals surface area (Å²) in [6.07, 6.45) is 4.54. The first-order valence-electron chi connectivity index (χ1n) is 10.1. The van der Waals surface area contributed by atoms with E-state index in [1.807, 2.05) is 0 Å². The number of nitrogens with two attached hydrogens (primary N) is 1. The predicted molar refractivity (Wildman–Crippen MR) is 106 cm³/mol. The van der Waals surface area contributed by atoms with Gasteiger partial charge in [-0.05, 0) is 0 Å². The molecule has 0 spiro atoms. The molecule has 158 valence electrons. The van der Waals surface area contributed by atoms with Gasteiger partial charge in [0.25, 0.3) is 0 Å². The Hall–Kier alpha value is -3.21. The van der Waals surface area contributed by atoms with Gasteiger partial charge in [-0.15, -0.1) is 0 Å². The molecule has 11 nitrogen and oxygen atoms in total. The summed E-state index contributed by atoms with van der Waals surface area (Å²) in [6, 6.07) is 1.95. The highest BCUT2D eigenvalue weighted by molar-refractivity contribution is 5.70. The number of cyclic esters (lactones) is 1.